The van der Waals surface area contributed by atoms with Crippen LogP contribution in [0.2, 0.25) is 0 Å². The third-order valence-electron chi connectivity index (χ3n) is 5.52. The quantitative estimate of drug-likeness (QED) is 0.516. The van der Waals surface area contributed by atoms with Gasteiger partial charge in [0.05, 0.1) is 12.2 Å². The molecular weight excluding hydrogens is 420 g/mol. The molecule has 1 fully saturated rings. The van der Waals surface area contributed by atoms with Crippen LogP contribution in [0.15, 0.2) is 60.7 Å². The fourth-order valence-corrected chi connectivity index (χ4v) is 4.75. The summed E-state index contributed by atoms with van der Waals surface area (Å²) in [6.07, 6.45) is 1.30. The Hall–Kier alpha value is -2.77. The van der Waals surface area contributed by atoms with Gasteiger partial charge >= 0.3 is 0 Å². The number of hydrogen-bond donors (Lipinski definition) is 0. The minimum absolute atomic E-state index is 0.0758. The molecule has 2 aromatic carbocycles. The number of carbonyl (C=O) groups is 1. The molecule has 1 amide bonds. The summed E-state index contributed by atoms with van der Waals surface area (Å²) < 4.78 is 10.4. The second-order valence-electron chi connectivity index (χ2n) is 8.37. The molecule has 1 aliphatic rings. The van der Waals surface area contributed by atoms with Crippen LogP contribution in [-0.2, 0) is 22.5 Å². The van der Waals surface area contributed by atoms with Gasteiger partial charge in [-0.2, -0.15) is 4.37 Å². The van der Waals surface area contributed by atoms with Crippen LogP contribution in [0.3, 0.4) is 0 Å². The van der Waals surface area contributed by atoms with Crippen LogP contribution in [0.25, 0.3) is 0 Å². The molecule has 2 heterocycles. The van der Waals surface area contributed by atoms with E-state index in [1.54, 1.807) is 0 Å². The third kappa shape index (κ3) is 6.14. The molecule has 4 rings (SSSR count). The molecule has 3 aromatic rings. The van der Waals surface area contributed by atoms with E-state index in [0.29, 0.717) is 39.0 Å². The predicted octanol–water partition coefficient (Wildman–Crippen LogP) is 4.16. The zero-order chi connectivity index (χ0) is 22.3. The molecule has 0 radical (unpaired) electrons. The Bertz CT molecular complexity index is 985. The van der Waals surface area contributed by atoms with Crippen LogP contribution >= 0.6 is 11.5 Å². The van der Waals surface area contributed by atoms with Gasteiger partial charge in [-0.25, -0.2) is 4.98 Å². The molecule has 1 aromatic heterocycles. The molecule has 2 unspecified atom stereocenters. The van der Waals surface area contributed by atoms with Gasteiger partial charge < -0.3 is 14.5 Å². The van der Waals surface area contributed by atoms with E-state index in [0.717, 1.165) is 11.0 Å². The van der Waals surface area contributed by atoms with Crippen molar-refractivity contribution in [1.82, 2.24) is 14.3 Å². The van der Waals surface area contributed by atoms with Crippen molar-refractivity contribution in [2.75, 3.05) is 24.5 Å². The van der Waals surface area contributed by atoms with Crippen molar-refractivity contribution in [3.05, 3.63) is 77.6 Å². The molecule has 0 spiro atoms. The molecular formula is C25H30N4O2S. The molecule has 0 aliphatic carbocycles. The smallest absolute Gasteiger partial charge is 0.224 e. The maximum Gasteiger partial charge on any atom is 0.224 e. The van der Waals surface area contributed by atoms with E-state index in [2.05, 4.69) is 33.5 Å². The lowest BCUT2D eigenvalue weighted by molar-refractivity contribution is -0.143. The Morgan fingerprint density at radius 2 is 1.66 bits per heavy atom. The van der Waals surface area contributed by atoms with Gasteiger partial charge in [0.15, 0.2) is 0 Å². The van der Waals surface area contributed by atoms with Crippen LogP contribution < -0.4 is 4.90 Å². The number of amides is 1. The Kier molecular flexibility index (Phi) is 7.50. The van der Waals surface area contributed by atoms with Crippen LogP contribution in [0, 0.1) is 0 Å². The summed E-state index contributed by atoms with van der Waals surface area (Å²) in [6, 6.07) is 20.5. The van der Waals surface area contributed by atoms with E-state index in [1.807, 2.05) is 55.1 Å². The topological polar surface area (TPSA) is 58.6 Å². The number of ether oxygens (including phenoxy) is 1. The number of carbonyl (C=O) groups excluding carboxylic acids is 1. The van der Waals surface area contributed by atoms with Crippen molar-refractivity contribution >= 4 is 22.6 Å². The monoisotopic (exact) mass is 450 g/mol. The van der Waals surface area contributed by atoms with Gasteiger partial charge in [-0.3, -0.25) is 4.79 Å². The summed E-state index contributed by atoms with van der Waals surface area (Å²) in [5.74, 6) is 0.982. The highest BCUT2D eigenvalue weighted by Gasteiger charge is 2.26. The summed E-state index contributed by atoms with van der Waals surface area (Å²) in [5.41, 5.74) is 2.38. The summed E-state index contributed by atoms with van der Waals surface area (Å²) in [6.45, 7) is 6.65. The maximum absolute atomic E-state index is 12.9. The average molecular weight is 451 g/mol. The maximum atomic E-state index is 12.9. The molecule has 0 saturated carbocycles. The molecule has 2 atom stereocenters. The zero-order valence-corrected chi connectivity index (χ0v) is 19.5. The minimum Gasteiger partial charge on any atom is -0.372 e. The molecule has 0 bridgehead atoms. The highest BCUT2D eigenvalue weighted by Crippen LogP contribution is 2.22. The normalized spacial score (nSPS) is 18.5. The van der Waals surface area contributed by atoms with Gasteiger partial charge in [-0.15, -0.1) is 0 Å². The lowest BCUT2D eigenvalue weighted by Crippen LogP contribution is -2.48. The lowest BCUT2D eigenvalue weighted by atomic mass is 10.1. The summed E-state index contributed by atoms with van der Waals surface area (Å²) in [7, 11) is 0. The van der Waals surface area contributed by atoms with E-state index in [-0.39, 0.29) is 18.1 Å². The number of morpholine rings is 1. The van der Waals surface area contributed by atoms with E-state index in [4.69, 9.17) is 9.72 Å². The van der Waals surface area contributed by atoms with Crippen molar-refractivity contribution in [1.29, 1.82) is 0 Å². The molecule has 168 valence electrons. The minimum atomic E-state index is 0.0758. The first kappa shape index (κ1) is 22.4. The molecule has 0 N–H and O–H groups in total. The Morgan fingerprint density at radius 1 is 1.03 bits per heavy atom. The fourth-order valence-electron chi connectivity index (χ4n) is 4.04. The standard InChI is InChI=1S/C25H30N4O2S/c1-19-16-29(17-20(2)31-19)24(30)13-14-28(18-22-11-7-4-8-12-22)25-26-23(27-32-25)15-21-9-5-3-6-10-21/h3-12,19-20H,13-18H2,1-2H3. The van der Waals surface area contributed by atoms with Crippen LogP contribution in [0.5, 0.6) is 0 Å². The van der Waals surface area contributed by atoms with Crippen LogP contribution in [0.1, 0.15) is 37.2 Å². The van der Waals surface area contributed by atoms with Gasteiger partial charge in [0, 0.05) is 50.6 Å². The van der Waals surface area contributed by atoms with Crippen molar-refractivity contribution in [3.8, 4) is 0 Å². The number of nitrogens with zero attached hydrogens (tertiary/aromatic N) is 4. The first-order valence-corrected chi connectivity index (χ1v) is 11.9. The Balaban J connectivity index is 1.45. The SMILES string of the molecule is CC1CN(C(=O)CCN(Cc2ccccc2)c2nc(Cc3ccccc3)ns2)CC(C)O1. The molecule has 6 nitrogen and oxygen atoms in total. The Morgan fingerprint density at radius 3 is 2.31 bits per heavy atom. The average Bonchev–Trinajstić information content (AvgIpc) is 3.25. The number of hydrogen-bond acceptors (Lipinski definition) is 6. The highest BCUT2D eigenvalue weighted by molar-refractivity contribution is 7.09. The number of rotatable bonds is 8. The van der Waals surface area contributed by atoms with Gasteiger partial charge in [0.2, 0.25) is 11.0 Å². The summed E-state index contributed by atoms with van der Waals surface area (Å²) >= 11 is 1.40. The van der Waals surface area contributed by atoms with Crippen LogP contribution in [-0.4, -0.2) is 52.0 Å². The highest BCUT2D eigenvalue weighted by atomic mass is 32.1. The number of anilines is 1. The summed E-state index contributed by atoms with van der Waals surface area (Å²) in [5, 5.41) is 0.858. The van der Waals surface area contributed by atoms with Gasteiger partial charge in [-0.05, 0) is 25.0 Å². The van der Waals surface area contributed by atoms with Gasteiger partial charge in [-0.1, -0.05) is 60.7 Å². The second-order valence-corrected chi connectivity index (χ2v) is 9.10. The molecule has 1 aliphatic heterocycles. The fraction of sp³-hybridized carbons (Fsp3) is 0.400. The van der Waals surface area contributed by atoms with Crippen molar-refractivity contribution in [3.63, 3.8) is 0 Å². The Labute approximate surface area is 194 Å². The van der Waals surface area contributed by atoms with Crippen LogP contribution in [0.4, 0.5) is 5.13 Å². The van der Waals surface area contributed by atoms with E-state index in [1.165, 1.54) is 22.7 Å². The first-order chi connectivity index (χ1) is 15.6. The van der Waals surface area contributed by atoms with E-state index in [9.17, 15) is 4.79 Å². The van der Waals surface area contributed by atoms with E-state index >= 15 is 0 Å². The summed E-state index contributed by atoms with van der Waals surface area (Å²) in [4.78, 5) is 21.8. The van der Waals surface area contributed by atoms with Gasteiger partial charge in [0.25, 0.3) is 0 Å². The van der Waals surface area contributed by atoms with Crippen molar-refractivity contribution in [2.24, 2.45) is 0 Å². The zero-order valence-electron chi connectivity index (χ0n) is 18.7. The predicted molar refractivity (Wildman–Crippen MR) is 128 cm³/mol. The molecule has 32 heavy (non-hydrogen) atoms. The largest absolute Gasteiger partial charge is 0.372 e. The molecule has 7 heteroatoms. The molecule has 1 saturated heterocycles. The first-order valence-electron chi connectivity index (χ1n) is 11.2. The van der Waals surface area contributed by atoms with E-state index < -0.39 is 0 Å². The number of benzene rings is 2. The van der Waals surface area contributed by atoms with Crippen molar-refractivity contribution in [2.45, 2.75) is 45.4 Å². The van der Waals surface area contributed by atoms with Crippen molar-refractivity contribution < 1.29 is 9.53 Å². The lowest BCUT2D eigenvalue weighted by Gasteiger charge is -2.35. The van der Waals surface area contributed by atoms with Gasteiger partial charge in [0.1, 0.15) is 5.82 Å². The third-order valence-corrected chi connectivity index (χ3v) is 6.33. The number of aromatic nitrogens is 2. The second kappa shape index (κ2) is 10.7.